The van der Waals surface area contributed by atoms with Gasteiger partial charge in [-0.2, -0.15) is 0 Å². The molecule has 0 unspecified atom stereocenters. The number of benzene rings is 1. The summed E-state index contributed by atoms with van der Waals surface area (Å²) in [5, 5.41) is 16.3. The number of carbonyl (C=O) groups is 1. The van der Waals surface area contributed by atoms with E-state index in [9.17, 15) is 13.4 Å². The number of hydrogen-bond donors (Lipinski definition) is 3. The molecule has 0 atom stereocenters. The molecule has 0 spiro atoms. The average Bonchev–Trinajstić information content (AvgIpc) is 3.01. The van der Waals surface area contributed by atoms with Crippen LogP contribution in [0.4, 0.5) is 4.39 Å². The van der Waals surface area contributed by atoms with Crippen LogP contribution in [0, 0.1) is 5.82 Å². The van der Waals surface area contributed by atoms with Gasteiger partial charge in [0.05, 0.1) is 5.56 Å². The maximum Gasteiger partial charge on any atom is 0.263 e. The van der Waals surface area contributed by atoms with E-state index in [1.165, 1.54) is 12.1 Å². The van der Waals surface area contributed by atoms with Gasteiger partial charge in [-0.3, -0.25) is 19.5 Å². The molecular formula is C17H18Cl2FN3O4S. The van der Waals surface area contributed by atoms with Crippen molar-refractivity contribution in [3.05, 3.63) is 39.8 Å². The fraction of sp³-hybridized carbons (Fsp3) is 0.353. The van der Waals surface area contributed by atoms with Gasteiger partial charge in [-0.15, -0.1) is 0 Å². The van der Waals surface area contributed by atoms with Crippen LogP contribution in [-0.4, -0.2) is 43.4 Å². The molecule has 2 heterocycles. The lowest BCUT2D eigenvalue weighted by molar-refractivity contribution is -0.136. The smallest absolute Gasteiger partial charge is 0.263 e. The van der Waals surface area contributed by atoms with Gasteiger partial charge in [0.1, 0.15) is 22.1 Å². The normalized spacial score (nSPS) is 24.9. The Kier molecular flexibility index (Phi) is 6.02. The van der Waals surface area contributed by atoms with Crippen molar-refractivity contribution in [2.24, 2.45) is 0 Å². The molecule has 7 nitrogen and oxygen atoms in total. The summed E-state index contributed by atoms with van der Waals surface area (Å²) in [6, 6.07) is 4.05. The molecule has 1 aromatic heterocycles. The highest BCUT2D eigenvalue weighted by Crippen LogP contribution is 2.34. The fourth-order valence-corrected chi connectivity index (χ4v) is 5.10. The monoisotopic (exact) mass is 449 g/mol. The molecule has 0 saturated carbocycles. The van der Waals surface area contributed by atoms with E-state index in [0.29, 0.717) is 0 Å². The van der Waals surface area contributed by atoms with Crippen LogP contribution in [-0.2, 0) is 20.9 Å². The summed E-state index contributed by atoms with van der Waals surface area (Å²) in [4.78, 5) is 12.2. The van der Waals surface area contributed by atoms with E-state index in [2.05, 4.69) is 16.3 Å². The molecule has 1 aliphatic heterocycles. The Morgan fingerprint density at radius 1 is 1.39 bits per heavy atom. The van der Waals surface area contributed by atoms with Crippen molar-refractivity contribution in [2.45, 2.75) is 24.9 Å². The van der Waals surface area contributed by atoms with Gasteiger partial charge in [0.15, 0.2) is 5.76 Å². The molecular weight excluding hydrogens is 432 g/mol. The highest BCUT2D eigenvalue weighted by atomic mass is 35.5. The highest BCUT2D eigenvalue weighted by molar-refractivity contribution is 8.00. The number of hydrogen-bond acceptors (Lipinski definition) is 6. The third kappa shape index (κ3) is 4.18. The Bertz CT molecular complexity index is 996. The second-order valence-electron chi connectivity index (χ2n) is 6.65. The first kappa shape index (κ1) is 21.1. The summed E-state index contributed by atoms with van der Waals surface area (Å²) in [6.07, 6.45) is 0.436. The van der Waals surface area contributed by atoms with E-state index in [1.54, 1.807) is 5.48 Å². The van der Waals surface area contributed by atoms with E-state index in [-0.39, 0.29) is 58.0 Å². The molecule has 2 aromatic rings. The maximum absolute atomic E-state index is 14.1. The van der Waals surface area contributed by atoms with E-state index < -0.39 is 26.8 Å². The second-order valence-corrected chi connectivity index (χ2v) is 10.2. The van der Waals surface area contributed by atoms with Crippen molar-refractivity contribution in [3.63, 3.8) is 0 Å². The highest BCUT2D eigenvalue weighted by Gasteiger charge is 2.42. The molecule has 1 amide bonds. The van der Waals surface area contributed by atoms with Crippen molar-refractivity contribution < 1.29 is 23.1 Å². The molecule has 1 aliphatic rings. The van der Waals surface area contributed by atoms with Crippen molar-refractivity contribution in [3.8, 4) is 11.3 Å². The van der Waals surface area contributed by atoms with Gasteiger partial charge in [0.25, 0.3) is 5.91 Å². The van der Waals surface area contributed by atoms with Gasteiger partial charge in [-0.25, -0.2) is 9.87 Å². The van der Waals surface area contributed by atoms with E-state index in [0.717, 1.165) is 6.07 Å². The van der Waals surface area contributed by atoms with Gasteiger partial charge in [0.2, 0.25) is 0 Å². The zero-order valence-corrected chi connectivity index (χ0v) is 17.0. The molecule has 11 heteroatoms. The average molecular weight is 450 g/mol. The summed E-state index contributed by atoms with van der Waals surface area (Å²) >= 11 is 12.0. The number of carbonyl (C=O) groups excluding carboxylic acids is 1. The molecule has 1 aromatic carbocycles. The number of nitrogens with zero attached hydrogens (tertiary/aromatic N) is 1. The SMILES string of the molecule is C=S1(=O)CCC(NCc2noc(-c3ccc(Cl)cc3F)c2Cl)(C(=O)NO)CC1. The first-order chi connectivity index (χ1) is 13.2. The van der Waals surface area contributed by atoms with Crippen LogP contribution in [0.2, 0.25) is 10.0 Å². The third-order valence-corrected chi connectivity index (χ3v) is 7.33. The van der Waals surface area contributed by atoms with Crippen LogP contribution >= 0.6 is 23.2 Å². The zero-order chi connectivity index (χ0) is 20.5. The Balaban J connectivity index is 1.82. The van der Waals surface area contributed by atoms with E-state index in [1.807, 2.05) is 0 Å². The topological polar surface area (TPSA) is 104 Å². The fourth-order valence-electron chi connectivity index (χ4n) is 3.05. The molecule has 0 aliphatic carbocycles. The third-order valence-electron chi connectivity index (χ3n) is 4.81. The number of halogens is 3. The van der Waals surface area contributed by atoms with Crippen LogP contribution < -0.4 is 10.8 Å². The first-order valence-corrected chi connectivity index (χ1v) is 11.1. The first-order valence-electron chi connectivity index (χ1n) is 8.29. The molecule has 152 valence electrons. The number of amides is 1. The number of aromatic nitrogens is 1. The van der Waals surface area contributed by atoms with Crippen molar-refractivity contribution in [2.75, 3.05) is 11.5 Å². The maximum atomic E-state index is 14.1. The minimum atomic E-state index is -2.24. The van der Waals surface area contributed by atoms with Crippen LogP contribution in [0.15, 0.2) is 22.7 Å². The molecule has 0 bridgehead atoms. The predicted molar refractivity (Wildman–Crippen MR) is 106 cm³/mol. The van der Waals surface area contributed by atoms with Crippen LogP contribution in [0.1, 0.15) is 18.5 Å². The number of hydroxylamine groups is 1. The lowest BCUT2D eigenvalue weighted by Crippen LogP contribution is -2.59. The van der Waals surface area contributed by atoms with Crippen LogP contribution in [0.3, 0.4) is 0 Å². The Hall–Kier alpha value is -1.65. The van der Waals surface area contributed by atoms with Crippen molar-refractivity contribution in [1.82, 2.24) is 16.0 Å². The summed E-state index contributed by atoms with van der Waals surface area (Å²) in [5.41, 5.74) is 0.856. The second kappa shape index (κ2) is 8.00. The molecule has 3 N–H and O–H groups in total. The quantitative estimate of drug-likeness (QED) is 0.368. The number of nitrogens with one attached hydrogen (secondary N) is 2. The minimum Gasteiger partial charge on any atom is -0.354 e. The Labute approximate surface area is 171 Å². The van der Waals surface area contributed by atoms with Crippen molar-refractivity contribution in [1.29, 1.82) is 0 Å². The summed E-state index contributed by atoms with van der Waals surface area (Å²) in [7, 11) is -2.24. The number of rotatable bonds is 5. The van der Waals surface area contributed by atoms with Gasteiger partial charge in [-0.1, -0.05) is 28.4 Å². The summed E-state index contributed by atoms with van der Waals surface area (Å²) in [6.45, 7) is 0.0172. The van der Waals surface area contributed by atoms with E-state index in [4.69, 9.17) is 32.9 Å². The lowest BCUT2D eigenvalue weighted by Gasteiger charge is -2.36. The van der Waals surface area contributed by atoms with Gasteiger partial charge >= 0.3 is 0 Å². The standard InChI is InChI=1S/C17H18Cl2FN3O4S/c1-28(26)6-4-17(5-7-28,16(24)22-25)21-9-13-14(19)15(27-23-13)11-3-2-10(18)8-12(11)20/h2-3,8,21,25H,1,4-7,9H2,(H,22,24). The summed E-state index contributed by atoms with van der Waals surface area (Å²) in [5.74, 6) is 2.93. The lowest BCUT2D eigenvalue weighted by atomic mass is 9.91. The molecule has 1 fully saturated rings. The van der Waals surface area contributed by atoms with E-state index >= 15 is 0 Å². The molecule has 28 heavy (non-hydrogen) atoms. The largest absolute Gasteiger partial charge is 0.354 e. The summed E-state index contributed by atoms with van der Waals surface area (Å²) < 4.78 is 31.4. The van der Waals surface area contributed by atoms with Crippen LogP contribution in [0.5, 0.6) is 0 Å². The van der Waals surface area contributed by atoms with Crippen molar-refractivity contribution >= 4 is 44.5 Å². The van der Waals surface area contributed by atoms with Gasteiger partial charge < -0.3 is 4.52 Å². The van der Waals surface area contributed by atoms with Crippen LogP contribution in [0.25, 0.3) is 11.3 Å². The van der Waals surface area contributed by atoms with Gasteiger partial charge in [0, 0.05) is 23.1 Å². The molecule has 3 rings (SSSR count). The Morgan fingerprint density at radius 2 is 2.07 bits per heavy atom. The van der Waals surface area contributed by atoms with Gasteiger partial charge in [-0.05, 0) is 46.4 Å². The predicted octanol–water partition coefficient (Wildman–Crippen LogP) is 2.63. The molecule has 0 radical (unpaired) electrons. The zero-order valence-electron chi connectivity index (χ0n) is 14.6. The molecule has 1 saturated heterocycles. The minimum absolute atomic E-state index is 0.0172. The Morgan fingerprint density at radius 3 is 2.68 bits per heavy atom.